The van der Waals surface area contributed by atoms with Crippen molar-refractivity contribution in [2.75, 3.05) is 20.2 Å². The molecule has 1 fully saturated rings. The van der Waals surface area contributed by atoms with Crippen molar-refractivity contribution in [3.63, 3.8) is 0 Å². The Morgan fingerprint density at radius 2 is 2.20 bits per heavy atom. The highest BCUT2D eigenvalue weighted by atomic mass is 79.9. The summed E-state index contributed by atoms with van der Waals surface area (Å²) in [5.74, 6) is -1.01. The summed E-state index contributed by atoms with van der Waals surface area (Å²) in [4.78, 5) is 25.1. The van der Waals surface area contributed by atoms with Gasteiger partial charge in [-0.05, 0) is 31.0 Å². The van der Waals surface area contributed by atoms with Crippen LogP contribution in [-0.4, -0.2) is 42.1 Å². The first-order chi connectivity index (χ1) is 9.52. The van der Waals surface area contributed by atoms with Crippen molar-refractivity contribution < 1.29 is 19.4 Å². The fourth-order valence-corrected chi connectivity index (χ4v) is 2.72. The van der Waals surface area contributed by atoms with Gasteiger partial charge in [-0.1, -0.05) is 15.9 Å². The van der Waals surface area contributed by atoms with Gasteiger partial charge >= 0.3 is 5.97 Å². The second-order valence-electron chi connectivity index (χ2n) is 4.77. The largest absolute Gasteiger partial charge is 0.496 e. The lowest BCUT2D eigenvalue weighted by Gasteiger charge is -2.31. The Morgan fingerprint density at radius 1 is 1.45 bits per heavy atom. The molecule has 1 aliphatic rings. The zero-order chi connectivity index (χ0) is 14.7. The predicted octanol–water partition coefficient (Wildman–Crippen LogP) is 2.39. The Morgan fingerprint density at radius 3 is 2.85 bits per heavy atom. The first-order valence-corrected chi connectivity index (χ1v) is 7.18. The van der Waals surface area contributed by atoms with E-state index in [9.17, 15) is 9.59 Å². The summed E-state index contributed by atoms with van der Waals surface area (Å²) in [6.07, 6.45) is 1.33. The first-order valence-electron chi connectivity index (χ1n) is 6.38. The Balaban J connectivity index is 2.20. The maximum Gasteiger partial charge on any atom is 0.308 e. The van der Waals surface area contributed by atoms with Crippen molar-refractivity contribution >= 4 is 27.8 Å². The molecule has 6 heteroatoms. The number of rotatable bonds is 3. The first kappa shape index (κ1) is 14.8. The van der Waals surface area contributed by atoms with Gasteiger partial charge in [-0.3, -0.25) is 9.59 Å². The van der Waals surface area contributed by atoms with E-state index in [4.69, 9.17) is 9.84 Å². The van der Waals surface area contributed by atoms with E-state index >= 15 is 0 Å². The van der Waals surface area contributed by atoms with Gasteiger partial charge in [0.05, 0.1) is 18.6 Å². The standard InChI is InChI=1S/C14H16BrNO4/c1-20-12-7-10(15)4-5-11(12)13(17)16-6-2-3-9(8-16)14(18)19/h4-5,7,9H,2-3,6,8H2,1H3,(H,18,19)/t9-/m1/s1. The minimum atomic E-state index is -0.842. The van der Waals surface area contributed by atoms with Crippen molar-refractivity contribution in [1.29, 1.82) is 0 Å². The molecular formula is C14H16BrNO4. The zero-order valence-electron chi connectivity index (χ0n) is 11.1. The van der Waals surface area contributed by atoms with E-state index in [0.717, 1.165) is 4.47 Å². The van der Waals surface area contributed by atoms with Gasteiger partial charge in [0.1, 0.15) is 5.75 Å². The average Bonchev–Trinajstić information content (AvgIpc) is 2.46. The molecule has 1 aromatic rings. The van der Waals surface area contributed by atoms with Crippen LogP contribution < -0.4 is 4.74 Å². The van der Waals surface area contributed by atoms with Gasteiger partial charge in [0.25, 0.3) is 5.91 Å². The number of carbonyl (C=O) groups excluding carboxylic acids is 1. The maximum atomic E-state index is 12.5. The summed E-state index contributed by atoms with van der Waals surface area (Å²) in [5, 5.41) is 9.08. The Kier molecular flexibility index (Phi) is 4.65. The van der Waals surface area contributed by atoms with Crippen LogP contribution in [0.5, 0.6) is 5.75 Å². The number of halogens is 1. The van der Waals surface area contributed by atoms with Gasteiger partial charge in [-0.15, -0.1) is 0 Å². The molecule has 0 saturated carbocycles. The van der Waals surface area contributed by atoms with Crippen molar-refractivity contribution in [2.24, 2.45) is 5.92 Å². The van der Waals surface area contributed by atoms with E-state index in [1.165, 1.54) is 7.11 Å². The molecule has 1 saturated heterocycles. The Labute approximate surface area is 125 Å². The van der Waals surface area contributed by atoms with Gasteiger partial charge in [-0.2, -0.15) is 0 Å². The number of likely N-dealkylation sites (tertiary alicyclic amines) is 1. The van der Waals surface area contributed by atoms with Crippen LogP contribution in [0.3, 0.4) is 0 Å². The van der Waals surface area contributed by atoms with Crippen LogP contribution in [0.4, 0.5) is 0 Å². The van der Waals surface area contributed by atoms with E-state index in [2.05, 4.69) is 15.9 Å². The van der Waals surface area contributed by atoms with E-state index in [1.807, 2.05) is 0 Å². The number of methoxy groups -OCH3 is 1. The highest BCUT2D eigenvalue weighted by molar-refractivity contribution is 9.10. The van der Waals surface area contributed by atoms with Crippen LogP contribution in [0.25, 0.3) is 0 Å². The summed E-state index contributed by atoms with van der Waals surface area (Å²) < 4.78 is 6.05. The van der Waals surface area contributed by atoms with Crippen LogP contribution in [0.1, 0.15) is 23.2 Å². The molecule has 0 unspecified atom stereocenters. The van der Waals surface area contributed by atoms with Gasteiger partial charge in [0.15, 0.2) is 0 Å². The number of nitrogens with zero attached hydrogens (tertiary/aromatic N) is 1. The molecule has 1 heterocycles. The third-order valence-corrected chi connectivity index (χ3v) is 3.95. The summed E-state index contributed by atoms with van der Waals surface area (Å²) in [6, 6.07) is 5.19. The van der Waals surface area contributed by atoms with Crippen LogP contribution in [-0.2, 0) is 4.79 Å². The van der Waals surface area contributed by atoms with Crippen molar-refractivity contribution in [1.82, 2.24) is 4.90 Å². The van der Waals surface area contributed by atoms with E-state index < -0.39 is 11.9 Å². The molecule has 1 aliphatic heterocycles. The molecule has 1 amide bonds. The fraction of sp³-hybridized carbons (Fsp3) is 0.429. The van der Waals surface area contributed by atoms with Gasteiger partial charge in [0, 0.05) is 17.6 Å². The van der Waals surface area contributed by atoms with Crippen LogP contribution in [0.2, 0.25) is 0 Å². The molecule has 0 spiro atoms. The van der Waals surface area contributed by atoms with Gasteiger partial charge < -0.3 is 14.7 Å². The quantitative estimate of drug-likeness (QED) is 0.916. The summed E-state index contributed by atoms with van der Waals surface area (Å²) in [5.41, 5.74) is 0.460. The molecule has 0 bridgehead atoms. The number of benzene rings is 1. The van der Waals surface area contributed by atoms with Gasteiger partial charge in [0.2, 0.25) is 0 Å². The number of ether oxygens (including phenoxy) is 1. The zero-order valence-corrected chi connectivity index (χ0v) is 12.7. The highest BCUT2D eigenvalue weighted by Crippen LogP contribution is 2.26. The topological polar surface area (TPSA) is 66.8 Å². The average molecular weight is 342 g/mol. The van der Waals surface area contributed by atoms with Crippen molar-refractivity contribution in [3.8, 4) is 5.75 Å². The molecule has 1 aromatic carbocycles. The second-order valence-corrected chi connectivity index (χ2v) is 5.69. The number of aliphatic carboxylic acids is 1. The lowest BCUT2D eigenvalue weighted by Crippen LogP contribution is -2.42. The van der Waals surface area contributed by atoms with Gasteiger partial charge in [-0.25, -0.2) is 0 Å². The maximum absolute atomic E-state index is 12.5. The number of carboxylic acids is 1. The molecule has 2 rings (SSSR count). The molecule has 5 nitrogen and oxygen atoms in total. The number of amides is 1. The minimum Gasteiger partial charge on any atom is -0.496 e. The lowest BCUT2D eigenvalue weighted by molar-refractivity contribution is -0.143. The van der Waals surface area contributed by atoms with E-state index in [1.54, 1.807) is 23.1 Å². The monoisotopic (exact) mass is 341 g/mol. The molecule has 1 N–H and O–H groups in total. The normalized spacial score (nSPS) is 18.7. The van der Waals surface area contributed by atoms with E-state index in [-0.39, 0.29) is 12.5 Å². The number of hydrogen-bond acceptors (Lipinski definition) is 3. The number of carboxylic acid groups (broad SMARTS) is 1. The minimum absolute atomic E-state index is 0.180. The van der Waals surface area contributed by atoms with Crippen LogP contribution in [0.15, 0.2) is 22.7 Å². The van der Waals surface area contributed by atoms with Crippen LogP contribution in [0, 0.1) is 5.92 Å². The van der Waals surface area contributed by atoms with Crippen molar-refractivity contribution in [2.45, 2.75) is 12.8 Å². The lowest BCUT2D eigenvalue weighted by atomic mass is 9.97. The predicted molar refractivity (Wildman–Crippen MR) is 77.0 cm³/mol. The SMILES string of the molecule is COc1cc(Br)ccc1C(=O)N1CCC[C@@H](C(=O)O)C1. The summed E-state index contributed by atoms with van der Waals surface area (Å²) in [6.45, 7) is 0.842. The number of hydrogen-bond donors (Lipinski definition) is 1. The molecular weight excluding hydrogens is 326 g/mol. The third kappa shape index (κ3) is 3.12. The smallest absolute Gasteiger partial charge is 0.308 e. The number of piperidine rings is 1. The molecule has 0 radical (unpaired) electrons. The third-order valence-electron chi connectivity index (χ3n) is 3.45. The second kappa shape index (κ2) is 6.26. The summed E-state index contributed by atoms with van der Waals surface area (Å²) in [7, 11) is 1.51. The molecule has 0 aromatic heterocycles. The van der Waals surface area contributed by atoms with Crippen molar-refractivity contribution in [3.05, 3.63) is 28.2 Å². The highest BCUT2D eigenvalue weighted by Gasteiger charge is 2.29. The Bertz CT molecular complexity index is 532. The van der Waals surface area contributed by atoms with Crippen LogP contribution >= 0.6 is 15.9 Å². The molecule has 1 atom stereocenters. The molecule has 20 heavy (non-hydrogen) atoms. The fourth-order valence-electron chi connectivity index (χ4n) is 2.38. The molecule has 108 valence electrons. The van der Waals surface area contributed by atoms with E-state index in [0.29, 0.717) is 30.7 Å². The summed E-state index contributed by atoms with van der Waals surface area (Å²) >= 11 is 3.33. The number of carbonyl (C=O) groups is 2. The Hall–Kier alpha value is -1.56. The molecule has 0 aliphatic carbocycles.